The van der Waals surface area contributed by atoms with E-state index in [4.69, 9.17) is 28.5 Å². The smallest absolute Gasteiger partial charge is 0.379 e. The molecule has 3 atom stereocenters. The molecular weight excluding hydrogens is 751 g/mol. The molecule has 0 saturated carbocycles. The fourth-order valence-electron chi connectivity index (χ4n) is 6.53. The third-order valence-electron chi connectivity index (χ3n) is 9.23. The number of hydrogen-bond donors (Lipinski definition) is 5. The van der Waals surface area contributed by atoms with Gasteiger partial charge < -0.3 is 39.9 Å². The highest BCUT2D eigenvalue weighted by Crippen LogP contribution is 2.39. The number of nitrogens with zero attached hydrogens (tertiary/aromatic N) is 1. The average Bonchev–Trinajstić information content (AvgIpc) is 3.83. The molecule has 3 heterocycles. The molecule has 3 unspecified atom stereocenters. The van der Waals surface area contributed by atoms with E-state index in [0.717, 1.165) is 63.4 Å². The lowest BCUT2D eigenvalue weighted by atomic mass is 9.97. The van der Waals surface area contributed by atoms with Crippen LogP contribution in [0.1, 0.15) is 37.7 Å². The molecule has 2 fully saturated rings. The lowest BCUT2D eigenvalue weighted by molar-refractivity contribution is -0.137. The topological polar surface area (TPSA) is 202 Å². The number of benzene rings is 3. The third kappa shape index (κ3) is 13.4. The molecule has 0 spiro atoms. The van der Waals surface area contributed by atoms with Gasteiger partial charge in [-0.3, -0.25) is 23.8 Å². The first kappa shape index (κ1) is 42.3. The van der Waals surface area contributed by atoms with E-state index in [2.05, 4.69) is 22.0 Å². The number of carbonyl (C=O) groups excluding carboxylic acids is 4. The van der Waals surface area contributed by atoms with Crippen molar-refractivity contribution in [3.8, 4) is 0 Å². The van der Waals surface area contributed by atoms with Crippen LogP contribution in [0, 0.1) is 0 Å². The van der Waals surface area contributed by atoms with Gasteiger partial charge in [0.2, 0.25) is 5.91 Å². The monoisotopic (exact) mass is 800 g/mol. The van der Waals surface area contributed by atoms with Gasteiger partial charge in [0.15, 0.2) is 0 Å². The highest BCUT2D eigenvalue weighted by Gasteiger charge is 2.42. The molecule has 0 bridgehead atoms. The molecule has 55 heavy (non-hydrogen) atoms. The number of urea groups is 1. The summed E-state index contributed by atoms with van der Waals surface area (Å²) in [6, 6.07) is 18.0. The van der Waals surface area contributed by atoms with Crippen molar-refractivity contribution >= 4 is 64.9 Å². The largest absolute Gasteiger partial charge is 0.469 e. The van der Waals surface area contributed by atoms with Crippen molar-refractivity contribution in [1.29, 1.82) is 0 Å². The summed E-state index contributed by atoms with van der Waals surface area (Å²) in [5.41, 5.74) is 0.794. The fourth-order valence-corrected chi connectivity index (χ4v) is 8.37. The second-order valence-corrected chi connectivity index (χ2v) is 15.6. The lowest BCUT2D eigenvalue weighted by Crippen LogP contribution is -2.36. The number of phosphoric ester groups is 1. The van der Waals surface area contributed by atoms with Crippen LogP contribution in [0.2, 0.25) is 0 Å². The van der Waals surface area contributed by atoms with Crippen molar-refractivity contribution in [2.75, 3.05) is 58.5 Å². The Morgan fingerprint density at radius 3 is 2.11 bits per heavy atom. The Hall–Kier alpha value is -3.86. The minimum absolute atomic E-state index is 0.0615. The van der Waals surface area contributed by atoms with Gasteiger partial charge in [-0.15, -0.1) is 0 Å². The molecule has 5 N–H and O–H groups in total. The Bertz CT molecular complexity index is 1790. The second-order valence-electron chi connectivity index (χ2n) is 13.1. The summed E-state index contributed by atoms with van der Waals surface area (Å²) in [7, 11) is -4.49. The Kier molecular flexibility index (Phi) is 16.5. The normalized spacial score (nSPS) is 19.1. The molecule has 3 aliphatic rings. The van der Waals surface area contributed by atoms with Gasteiger partial charge in [-0.05, 0) is 52.4 Å². The summed E-state index contributed by atoms with van der Waals surface area (Å²) in [6.45, 7) is 3.24. The zero-order valence-corrected chi connectivity index (χ0v) is 32.3. The van der Waals surface area contributed by atoms with Gasteiger partial charge in [0.25, 0.3) is 11.8 Å². The Balaban J connectivity index is 0.000000244. The van der Waals surface area contributed by atoms with Crippen LogP contribution in [0.3, 0.4) is 0 Å². The van der Waals surface area contributed by atoms with Crippen LogP contribution < -0.4 is 16.0 Å². The predicted octanol–water partition coefficient (Wildman–Crippen LogP) is 3.80. The number of nitrogens with one attached hydrogen (secondary N) is 3. The van der Waals surface area contributed by atoms with E-state index in [9.17, 15) is 23.7 Å². The Labute approximate surface area is 324 Å². The van der Waals surface area contributed by atoms with Crippen molar-refractivity contribution < 1.29 is 52.3 Å². The van der Waals surface area contributed by atoms with Crippen molar-refractivity contribution in [3.05, 3.63) is 72.3 Å². The molecule has 3 aromatic rings. The highest BCUT2D eigenvalue weighted by molar-refractivity contribution is 8.00. The summed E-state index contributed by atoms with van der Waals surface area (Å²) in [5.74, 6) is 0.413. The van der Waals surface area contributed by atoms with Gasteiger partial charge >= 0.3 is 13.9 Å². The number of hydrogen-bond acceptors (Lipinski definition) is 10. The molecule has 3 aromatic carbocycles. The van der Waals surface area contributed by atoms with Gasteiger partial charge in [-0.1, -0.05) is 55.0 Å². The van der Waals surface area contributed by atoms with E-state index in [1.165, 1.54) is 12.2 Å². The number of phosphoric acid groups is 1. The summed E-state index contributed by atoms with van der Waals surface area (Å²) in [4.78, 5) is 65.1. The predicted molar refractivity (Wildman–Crippen MR) is 208 cm³/mol. The van der Waals surface area contributed by atoms with Crippen LogP contribution in [0.4, 0.5) is 4.79 Å². The number of amides is 5. The Morgan fingerprint density at radius 1 is 0.836 bits per heavy atom. The number of ether oxygens (including phenoxy) is 3. The Morgan fingerprint density at radius 2 is 1.45 bits per heavy atom. The molecule has 0 aliphatic carbocycles. The maximum atomic E-state index is 12.0. The minimum Gasteiger partial charge on any atom is -0.379 e. The van der Waals surface area contributed by atoms with Gasteiger partial charge in [0.1, 0.15) is 0 Å². The van der Waals surface area contributed by atoms with E-state index >= 15 is 0 Å². The fraction of sp³-hybridized carbons (Fsp3) is 0.474. The van der Waals surface area contributed by atoms with Gasteiger partial charge in [0.05, 0.1) is 58.3 Å². The molecule has 0 radical (unpaired) electrons. The van der Waals surface area contributed by atoms with E-state index < -0.39 is 7.82 Å². The third-order valence-corrected chi connectivity index (χ3v) is 11.2. The van der Waals surface area contributed by atoms with Crippen LogP contribution in [0.25, 0.3) is 21.5 Å². The van der Waals surface area contributed by atoms with Crippen LogP contribution >= 0.6 is 19.6 Å². The van der Waals surface area contributed by atoms with Crippen molar-refractivity contribution in [1.82, 2.24) is 20.9 Å². The van der Waals surface area contributed by atoms with E-state index in [1.54, 1.807) is 0 Å². The molecule has 15 nitrogen and oxygen atoms in total. The van der Waals surface area contributed by atoms with Crippen LogP contribution in [-0.2, 0) is 44.3 Å². The van der Waals surface area contributed by atoms with Crippen molar-refractivity contribution in [3.63, 3.8) is 0 Å². The van der Waals surface area contributed by atoms with Crippen molar-refractivity contribution in [2.45, 2.75) is 56.0 Å². The molecular formula is C38H49N4O11PS. The van der Waals surface area contributed by atoms with Gasteiger partial charge in [-0.25, -0.2) is 9.36 Å². The molecule has 17 heteroatoms. The van der Waals surface area contributed by atoms with E-state index in [-0.39, 0.29) is 55.6 Å². The first-order valence-corrected chi connectivity index (χ1v) is 21.0. The number of thioether (sulfide) groups is 1. The molecule has 2 saturated heterocycles. The van der Waals surface area contributed by atoms with Crippen LogP contribution in [-0.4, -0.2) is 114 Å². The molecule has 5 amide bonds. The summed E-state index contributed by atoms with van der Waals surface area (Å²) < 4.78 is 31.9. The average molecular weight is 801 g/mol. The van der Waals surface area contributed by atoms with Gasteiger partial charge in [-0.2, -0.15) is 11.8 Å². The second kappa shape index (κ2) is 21.4. The summed E-state index contributed by atoms with van der Waals surface area (Å²) in [5, 5.41) is 13.2. The summed E-state index contributed by atoms with van der Waals surface area (Å²) in [6.07, 6.45) is 6.62. The zero-order chi connectivity index (χ0) is 39.0. The number of carbonyl (C=O) groups is 4. The first-order chi connectivity index (χ1) is 26.6. The van der Waals surface area contributed by atoms with Crippen molar-refractivity contribution in [2.24, 2.45) is 0 Å². The molecule has 298 valence electrons. The zero-order valence-electron chi connectivity index (χ0n) is 30.6. The number of fused-ring (bicyclic) bond motifs is 3. The maximum absolute atomic E-state index is 12.0. The quantitative estimate of drug-likeness (QED) is 0.0344. The molecule has 0 aromatic heterocycles. The van der Waals surface area contributed by atoms with E-state index in [0.29, 0.717) is 51.2 Å². The first-order valence-electron chi connectivity index (χ1n) is 18.4. The molecule has 6 rings (SSSR count). The SMILES string of the molecule is O=C(CCCCC1SCC2NC(=O)NC21)NCCCOCCOCCOCCN1C(=O)C=CC1=O.O=P(O)(O)OCc1c2ccccc2cc2ccccc12. The van der Waals surface area contributed by atoms with E-state index in [1.807, 2.05) is 60.3 Å². The van der Waals surface area contributed by atoms with Crippen LogP contribution in [0.5, 0.6) is 0 Å². The number of rotatable bonds is 21. The lowest BCUT2D eigenvalue weighted by Gasteiger charge is -2.16. The van der Waals surface area contributed by atoms with Crippen LogP contribution in [0.15, 0.2) is 66.7 Å². The summed E-state index contributed by atoms with van der Waals surface area (Å²) >= 11 is 1.90. The number of imide groups is 1. The minimum atomic E-state index is -4.49. The number of unbranched alkanes of at least 4 members (excludes halogenated alkanes) is 1. The highest BCUT2D eigenvalue weighted by atomic mass is 32.2. The maximum Gasteiger partial charge on any atom is 0.469 e. The molecule has 3 aliphatic heterocycles. The van der Waals surface area contributed by atoms with Gasteiger partial charge in [0, 0.05) is 42.7 Å². The standard InChI is InChI=1S/C23H36N4O7S.C15H13O4P/c28-19(5-2-1-4-18-22-17(16-35-18)25-23(31)26-22)24-8-3-10-32-12-14-34-15-13-33-11-9-27-20(29)6-7-21(27)30;16-20(17,18)19-10-15-13-7-3-1-5-11(13)9-12-6-2-4-8-14(12)15/h6-7,17-18,22H,1-5,8-16H2,(H,24,28)(H2,25,26,31);1-9H,10H2,(H2,16,17,18).